The fraction of sp³-hybridized carbons (Fsp3) is 0.263. The van der Waals surface area contributed by atoms with E-state index in [1.807, 2.05) is 0 Å². The van der Waals surface area contributed by atoms with Crippen molar-refractivity contribution in [3.8, 4) is 0 Å². The van der Waals surface area contributed by atoms with Gasteiger partial charge in [-0.3, -0.25) is 19.7 Å². The number of thioether (sulfide) groups is 1. The van der Waals surface area contributed by atoms with Crippen molar-refractivity contribution < 1.29 is 14.5 Å². The molecule has 142 valence electrons. The van der Waals surface area contributed by atoms with Crippen molar-refractivity contribution in [3.63, 3.8) is 0 Å². The number of nitro groups is 1. The van der Waals surface area contributed by atoms with E-state index in [2.05, 4.69) is 5.32 Å². The van der Waals surface area contributed by atoms with Crippen molar-refractivity contribution in [3.05, 3.63) is 69.3 Å². The molecule has 0 aliphatic rings. The van der Waals surface area contributed by atoms with E-state index < -0.39 is 10.7 Å². The second kappa shape index (κ2) is 9.29. The molecule has 27 heavy (non-hydrogen) atoms. The highest BCUT2D eigenvalue weighted by atomic mass is 32.2. The number of nitrogens with one attached hydrogen (secondary N) is 1. The van der Waals surface area contributed by atoms with E-state index in [0.29, 0.717) is 18.0 Å². The smallest absolute Gasteiger partial charge is 0.283 e. The molecule has 2 aromatic carbocycles. The van der Waals surface area contributed by atoms with E-state index in [1.165, 1.54) is 22.7 Å². The maximum Gasteiger partial charge on any atom is 0.283 e. The first kappa shape index (κ1) is 20.6. The number of likely N-dealkylation sites (N-methyl/N-ethyl adjacent to an activating group) is 2. The number of ketones is 1. The average Bonchev–Trinajstić information content (AvgIpc) is 2.70. The van der Waals surface area contributed by atoms with Gasteiger partial charge in [-0.2, -0.15) is 0 Å². The molecule has 0 spiro atoms. The fourth-order valence-corrected chi connectivity index (χ4v) is 3.13. The van der Waals surface area contributed by atoms with Crippen LogP contribution in [0.3, 0.4) is 0 Å². The molecule has 0 saturated carbocycles. The van der Waals surface area contributed by atoms with E-state index >= 15 is 0 Å². The van der Waals surface area contributed by atoms with Crippen LogP contribution in [0.1, 0.15) is 26.3 Å². The highest BCUT2D eigenvalue weighted by molar-refractivity contribution is 7.98. The minimum atomic E-state index is -0.509. The van der Waals surface area contributed by atoms with Gasteiger partial charge in [0.25, 0.3) is 11.6 Å². The number of carbonyl (C=O) groups is 2. The molecule has 1 amide bonds. The predicted octanol–water partition coefficient (Wildman–Crippen LogP) is 2.84. The summed E-state index contributed by atoms with van der Waals surface area (Å²) in [7, 11) is 3.46. The Bertz CT molecular complexity index is 870. The molecule has 0 radical (unpaired) electrons. The lowest BCUT2D eigenvalue weighted by Gasteiger charge is -2.18. The van der Waals surface area contributed by atoms with Gasteiger partial charge in [0.2, 0.25) is 0 Å². The van der Waals surface area contributed by atoms with Crippen molar-refractivity contribution in [1.29, 1.82) is 0 Å². The molecule has 0 aliphatic carbocycles. The quantitative estimate of drug-likeness (QED) is 0.324. The molecule has 0 atom stereocenters. The highest BCUT2D eigenvalue weighted by Gasteiger charge is 2.23. The first-order chi connectivity index (χ1) is 12.9. The standard InChI is InChI=1S/C19H21N3O4S/c1-20-10-11-21(2)19(24)15-7-5-4-6-14(15)18(23)13-8-9-17(27-3)16(12-13)22(25)26/h4-9,12,20H,10-11H2,1-3H3. The van der Waals surface area contributed by atoms with Gasteiger partial charge in [-0.1, -0.05) is 18.2 Å². The molecule has 0 fully saturated rings. The van der Waals surface area contributed by atoms with Crippen LogP contribution in [-0.2, 0) is 0 Å². The minimum Gasteiger partial charge on any atom is -0.340 e. The normalized spacial score (nSPS) is 10.5. The topological polar surface area (TPSA) is 92.6 Å². The SMILES string of the molecule is CNCCN(C)C(=O)c1ccccc1C(=O)c1ccc(SC)c([N+](=O)[O-])c1. The minimum absolute atomic E-state index is 0.122. The number of nitrogens with zero attached hydrogens (tertiary/aromatic N) is 2. The molecular weight excluding hydrogens is 366 g/mol. The van der Waals surface area contributed by atoms with E-state index in [-0.39, 0.29) is 28.3 Å². The lowest BCUT2D eigenvalue weighted by molar-refractivity contribution is -0.387. The second-order valence-corrected chi connectivity index (χ2v) is 6.70. The number of carbonyl (C=O) groups excluding carboxylic acids is 2. The number of hydrogen-bond acceptors (Lipinski definition) is 6. The molecule has 0 heterocycles. The Labute approximate surface area is 161 Å². The largest absolute Gasteiger partial charge is 0.340 e. The third-order valence-corrected chi connectivity index (χ3v) is 4.87. The third-order valence-electron chi connectivity index (χ3n) is 4.08. The van der Waals surface area contributed by atoms with Crippen LogP contribution < -0.4 is 5.32 Å². The third kappa shape index (κ3) is 4.72. The van der Waals surface area contributed by atoms with Crippen LogP contribution in [-0.4, -0.2) is 55.0 Å². The number of amides is 1. The van der Waals surface area contributed by atoms with Crippen LogP contribution in [0.2, 0.25) is 0 Å². The molecule has 7 nitrogen and oxygen atoms in total. The fourth-order valence-electron chi connectivity index (χ4n) is 2.58. The van der Waals surface area contributed by atoms with Crippen LogP contribution in [0.15, 0.2) is 47.4 Å². The van der Waals surface area contributed by atoms with Gasteiger partial charge in [0, 0.05) is 37.3 Å². The van der Waals surface area contributed by atoms with Crippen molar-refractivity contribution in [2.24, 2.45) is 0 Å². The van der Waals surface area contributed by atoms with Gasteiger partial charge in [-0.05, 0) is 31.5 Å². The van der Waals surface area contributed by atoms with Crippen LogP contribution in [0.5, 0.6) is 0 Å². The average molecular weight is 387 g/mol. The summed E-state index contributed by atoms with van der Waals surface area (Å²) in [4.78, 5) is 38.5. The second-order valence-electron chi connectivity index (χ2n) is 5.85. The Kier molecular flexibility index (Phi) is 7.09. The summed E-state index contributed by atoms with van der Waals surface area (Å²) in [5.74, 6) is -0.693. The number of hydrogen-bond donors (Lipinski definition) is 1. The summed E-state index contributed by atoms with van der Waals surface area (Å²) < 4.78 is 0. The summed E-state index contributed by atoms with van der Waals surface area (Å²) in [6.45, 7) is 1.12. The van der Waals surface area contributed by atoms with Crippen LogP contribution in [0.4, 0.5) is 5.69 Å². The van der Waals surface area contributed by atoms with E-state index in [0.717, 1.165) is 0 Å². The van der Waals surface area contributed by atoms with Gasteiger partial charge >= 0.3 is 0 Å². The monoisotopic (exact) mass is 387 g/mol. The molecule has 0 aliphatic heterocycles. The van der Waals surface area contributed by atoms with E-state index in [4.69, 9.17) is 0 Å². The van der Waals surface area contributed by atoms with Gasteiger partial charge in [0.05, 0.1) is 15.4 Å². The lowest BCUT2D eigenvalue weighted by Crippen LogP contribution is -2.33. The highest BCUT2D eigenvalue weighted by Crippen LogP contribution is 2.29. The molecule has 1 N–H and O–H groups in total. The molecule has 2 rings (SSSR count). The molecule has 8 heteroatoms. The molecule has 0 bridgehead atoms. The van der Waals surface area contributed by atoms with Crippen molar-refractivity contribution >= 4 is 29.1 Å². The summed E-state index contributed by atoms with van der Waals surface area (Å²) in [6, 6.07) is 10.9. The summed E-state index contributed by atoms with van der Waals surface area (Å²) in [5, 5.41) is 14.2. The molecular formula is C19H21N3O4S. The summed E-state index contributed by atoms with van der Waals surface area (Å²) in [5.41, 5.74) is 0.559. The summed E-state index contributed by atoms with van der Waals surface area (Å²) in [6.07, 6.45) is 1.73. The predicted molar refractivity (Wildman–Crippen MR) is 106 cm³/mol. The Morgan fingerprint density at radius 3 is 2.44 bits per heavy atom. The van der Waals surface area contributed by atoms with Gasteiger partial charge in [0.15, 0.2) is 5.78 Å². The molecule has 0 aromatic heterocycles. The maximum absolute atomic E-state index is 13.0. The van der Waals surface area contributed by atoms with Crippen molar-refractivity contribution in [2.45, 2.75) is 4.90 Å². The first-order valence-corrected chi connectivity index (χ1v) is 9.49. The van der Waals surface area contributed by atoms with Crippen molar-refractivity contribution in [1.82, 2.24) is 10.2 Å². The Morgan fingerprint density at radius 2 is 1.85 bits per heavy atom. The lowest BCUT2D eigenvalue weighted by atomic mass is 9.97. The first-order valence-electron chi connectivity index (χ1n) is 8.27. The Balaban J connectivity index is 2.42. The Hall–Kier alpha value is -2.71. The Morgan fingerprint density at radius 1 is 1.19 bits per heavy atom. The molecule has 0 unspecified atom stereocenters. The zero-order valence-electron chi connectivity index (χ0n) is 15.4. The molecule has 2 aromatic rings. The number of nitro benzene ring substituents is 1. The number of rotatable bonds is 8. The molecule has 0 saturated heterocycles. The van der Waals surface area contributed by atoms with Crippen molar-refractivity contribution in [2.75, 3.05) is 33.4 Å². The van der Waals surface area contributed by atoms with Crippen LogP contribution in [0.25, 0.3) is 0 Å². The van der Waals surface area contributed by atoms with Gasteiger partial charge in [0.1, 0.15) is 0 Å². The zero-order valence-corrected chi connectivity index (χ0v) is 16.2. The van der Waals surface area contributed by atoms with Crippen LogP contribution in [0, 0.1) is 10.1 Å². The van der Waals surface area contributed by atoms with Gasteiger partial charge in [-0.15, -0.1) is 11.8 Å². The van der Waals surface area contributed by atoms with Crippen LogP contribution >= 0.6 is 11.8 Å². The summed E-state index contributed by atoms with van der Waals surface area (Å²) >= 11 is 1.24. The van der Waals surface area contributed by atoms with E-state index in [9.17, 15) is 19.7 Å². The van der Waals surface area contributed by atoms with E-state index in [1.54, 1.807) is 56.7 Å². The maximum atomic E-state index is 13.0. The zero-order chi connectivity index (χ0) is 20.0. The number of benzene rings is 2. The van der Waals surface area contributed by atoms with Gasteiger partial charge in [-0.25, -0.2) is 0 Å². The van der Waals surface area contributed by atoms with Gasteiger partial charge < -0.3 is 10.2 Å².